The minimum Gasteiger partial charge on any atom is -0.326 e. The Kier molecular flexibility index (Phi) is 6.26. The molecule has 0 aromatic heterocycles. The Morgan fingerprint density at radius 1 is 1.18 bits per heavy atom. The number of allylic oxidation sites excluding steroid dienone is 1. The van der Waals surface area contributed by atoms with E-state index in [1.54, 1.807) is 0 Å². The highest BCUT2D eigenvalue weighted by molar-refractivity contribution is 5.96. The van der Waals surface area contributed by atoms with Crippen molar-refractivity contribution in [3.8, 4) is 0 Å². The zero-order valence-corrected chi connectivity index (χ0v) is 10.3. The molecule has 0 bridgehead atoms. The first kappa shape index (κ1) is 13.7. The highest BCUT2D eigenvalue weighted by Crippen LogP contribution is 2.10. The second-order valence-corrected chi connectivity index (χ2v) is 4.21. The molecule has 0 saturated carbocycles. The van der Waals surface area contributed by atoms with Crippen LogP contribution in [-0.4, -0.2) is 5.78 Å². The number of nitrogens with two attached hydrogens (primary N) is 1. The van der Waals surface area contributed by atoms with E-state index in [4.69, 9.17) is 5.73 Å². The van der Waals surface area contributed by atoms with Gasteiger partial charge in [0.1, 0.15) is 0 Å². The molecular formula is C15H21NO. The van der Waals surface area contributed by atoms with Crippen molar-refractivity contribution in [1.82, 2.24) is 0 Å². The smallest absolute Gasteiger partial charge is 0.162 e. The van der Waals surface area contributed by atoms with Gasteiger partial charge in [0.15, 0.2) is 5.78 Å². The molecule has 17 heavy (non-hydrogen) atoms. The third kappa shape index (κ3) is 4.96. The van der Waals surface area contributed by atoms with Crippen LogP contribution in [-0.2, 0) is 6.54 Å². The minimum absolute atomic E-state index is 0.229. The van der Waals surface area contributed by atoms with Crippen LogP contribution in [0.15, 0.2) is 36.9 Å². The first-order valence-corrected chi connectivity index (χ1v) is 6.21. The topological polar surface area (TPSA) is 43.1 Å². The van der Waals surface area contributed by atoms with Gasteiger partial charge < -0.3 is 5.73 Å². The van der Waals surface area contributed by atoms with E-state index in [-0.39, 0.29) is 5.78 Å². The Morgan fingerprint density at radius 2 is 1.88 bits per heavy atom. The maximum Gasteiger partial charge on any atom is 0.162 e. The molecule has 0 fully saturated rings. The SMILES string of the molecule is C=CCCCCCC(=O)c1ccc(CN)cc1. The van der Waals surface area contributed by atoms with Crippen molar-refractivity contribution >= 4 is 5.78 Å². The molecule has 1 aromatic rings. The Labute approximate surface area is 104 Å². The predicted octanol–water partition coefficient (Wildman–Crippen LogP) is 3.46. The average molecular weight is 231 g/mol. The number of ketones is 1. The molecule has 0 aliphatic heterocycles. The van der Waals surface area contributed by atoms with E-state index in [0.717, 1.165) is 36.8 Å². The number of hydrogen-bond donors (Lipinski definition) is 1. The summed E-state index contributed by atoms with van der Waals surface area (Å²) in [5, 5.41) is 0. The van der Waals surface area contributed by atoms with Gasteiger partial charge in [0.05, 0.1) is 0 Å². The van der Waals surface area contributed by atoms with E-state index in [2.05, 4.69) is 6.58 Å². The van der Waals surface area contributed by atoms with Crippen molar-refractivity contribution in [3.05, 3.63) is 48.0 Å². The van der Waals surface area contributed by atoms with Gasteiger partial charge in [-0.05, 0) is 24.8 Å². The molecule has 0 heterocycles. The van der Waals surface area contributed by atoms with Crippen LogP contribution in [0.1, 0.15) is 48.0 Å². The summed E-state index contributed by atoms with van der Waals surface area (Å²) >= 11 is 0. The molecule has 0 unspecified atom stereocenters. The highest BCUT2D eigenvalue weighted by Gasteiger charge is 2.04. The van der Waals surface area contributed by atoms with Crippen LogP contribution in [0.4, 0.5) is 0 Å². The van der Waals surface area contributed by atoms with Crippen molar-refractivity contribution in [2.45, 2.75) is 38.6 Å². The largest absolute Gasteiger partial charge is 0.326 e. The molecule has 0 spiro atoms. The Bertz CT molecular complexity index is 354. The lowest BCUT2D eigenvalue weighted by Gasteiger charge is -2.02. The number of carbonyl (C=O) groups excluding carboxylic acids is 1. The molecule has 0 radical (unpaired) electrons. The third-order valence-corrected chi connectivity index (χ3v) is 2.82. The van der Waals surface area contributed by atoms with E-state index in [9.17, 15) is 4.79 Å². The molecule has 0 saturated heterocycles. The standard InChI is InChI=1S/C15H21NO/c1-2-3-4-5-6-7-15(17)14-10-8-13(12-16)9-11-14/h2,8-11H,1,3-7,12,16H2. The van der Waals surface area contributed by atoms with Gasteiger partial charge in [-0.25, -0.2) is 0 Å². The van der Waals surface area contributed by atoms with Crippen molar-refractivity contribution < 1.29 is 4.79 Å². The molecule has 2 nitrogen and oxygen atoms in total. The fourth-order valence-electron chi connectivity index (χ4n) is 1.72. The maximum atomic E-state index is 11.8. The van der Waals surface area contributed by atoms with Gasteiger partial charge in [-0.3, -0.25) is 4.79 Å². The van der Waals surface area contributed by atoms with Crippen molar-refractivity contribution in [2.75, 3.05) is 0 Å². The van der Waals surface area contributed by atoms with Crippen LogP contribution in [0.5, 0.6) is 0 Å². The van der Waals surface area contributed by atoms with Crippen molar-refractivity contribution in [3.63, 3.8) is 0 Å². The molecule has 92 valence electrons. The normalized spacial score (nSPS) is 10.2. The summed E-state index contributed by atoms with van der Waals surface area (Å²) in [4.78, 5) is 11.8. The van der Waals surface area contributed by atoms with Gasteiger partial charge in [0.25, 0.3) is 0 Å². The molecule has 0 aliphatic carbocycles. The van der Waals surface area contributed by atoms with Gasteiger partial charge in [0.2, 0.25) is 0 Å². The summed E-state index contributed by atoms with van der Waals surface area (Å²) < 4.78 is 0. The van der Waals surface area contributed by atoms with Crippen LogP contribution < -0.4 is 5.73 Å². The fraction of sp³-hybridized carbons (Fsp3) is 0.400. The van der Waals surface area contributed by atoms with Crippen molar-refractivity contribution in [1.29, 1.82) is 0 Å². The first-order valence-electron chi connectivity index (χ1n) is 6.21. The number of benzene rings is 1. The number of hydrogen-bond acceptors (Lipinski definition) is 2. The number of rotatable bonds is 8. The quantitative estimate of drug-likeness (QED) is 0.423. The Balaban J connectivity index is 2.33. The average Bonchev–Trinajstić information content (AvgIpc) is 2.38. The highest BCUT2D eigenvalue weighted by atomic mass is 16.1. The molecule has 0 amide bonds. The Morgan fingerprint density at radius 3 is 2.47 bits per heavy atom. The molecule has 2 N–H and O–H groups in total. The number of Topliss-reactive ketones (excluding diaryl/α,β-unsaturated/α-hetero) is 1. The summed E-state index contributed by atoms with van der Waals surface area (Å²) in [5.74, 6) is 0.229. The summed E-state index contributed by atoms with van der Waals surface area (Å²) in [7, 11) is 0. The van der Waals surface area contributed by atoms with E-state index < -0.39 is 0 Å². The van der Waals surface area contributed by atoms with Crippen LogP contribution in [0.2, 0.25) is 0 Å². The lowest BCUT2D eigenvalue weighted by molar-refractivity contribution is 0.0979. The monoisotopic (exact) mass is 231 g/mol. The summed E-state index contributed by atoms with van der Waals surface area (Å²) in [6, 6.07) is 7.58. The van der Waals surface area contributed by atoms with Gasteiger partial charge in [-0.15, -0.1) is 6.58 Å². The lowest BCUT2D eigenvalue weighted by atomic mass is 10.0. The maximum absolute atomic E-state index is 11.8. The second-order valence-electron chi connectivity index (χ2n) is 4.21. The van der Waals surface area contributed by atoms with Crippen molar-refractivity contribution in [2.24, 2.45) is 5.73 Å². The summed E-state index contributed by atoms with van der Waals surface area (Å²) in [6.45, 7) is 4.20. The lowest BCUT2D eigenvalue weighted by Crippen LogP contribution is -2.01. The molecule has 1 aromatic carbocycles. The fourth-order valence-corrected chi connectivity index (χ4v) is 1.72. The second kappa shape index (κ2) is 7.80. The van der Waals surface area contributed by atoms with E-state index >= 15 is 0 Å². The van der Waals surface area contributed by atoms with Crippen LogP contribution >= 0.6 is 0 Å². The first-order chi connectivity index (χ1) is 8.27. The molecule has 2 heteroatoms. The van der Waals surface area contributed by atoms with E-state index in [0.29, 0.717) is 13.0 Å². The van der Waals surface area contributed by atoms with Crippen LogP contribution in [0.3, 0.4) is 0 Å². The molecule has 0 aliphatic rings. The number of unbranched alkanes of at least 4 members (excludes halogenated alkanes) is 3. The predicted molar refractivity (Wildman–Crippen MR) is 71.9 cm³/mol. The van der Waals surface area contributed by atoms with Gasteiger partial charge in [-0.2, -0.15) is 0 Å². The van der Waals surface area contributed by atoms with Gasteiger partial charge >= 0.3 is 0 Å². The van der Waals surface area contributed by atoms with Crippen LogP contribution in [0, 0.1) is 0 Å². The van der Waals surface area contributed by atoms with E-state index in [1.807, 2.05) is 30.3 Å². The minimum atomic E-state index is 0.229. The number of carbonyl (C=O) groups is 1. The van der Waals surface area contributed by atoms with Gasteiger partial charge in [0, 0.05) is 18.5 Å². The summed E-state index contributed by atoms with van der Waals surface area (Å²) in [5.41, 5.74) is 7.37. The molecular weight excluding hydrogens is 210 g/mol. The van der Waals surface area contributed by atoms with Crippen LogP contribution in [0.25, 0.3) is 0 Å². The summed E-state index contributed by atoms with van der Waals surface area (Å²) in [6.07, 6.45) is 6.79. The van der Waals surface area contributed by atoms with E-state index in [1.165, 1.54) is 0 Å². The molecule has 1 rings (SSSR count). The van der Waals surface area contributed by atoms with Gasteiger partial charge in [-0.1, -0.05) is 36.8 Å². The zero-order chi connectivity index (χ0) is 12.5. The third-order valence-electron chi connectivity index (χ3n) is 2.82. The zero-order valence-electron chi connectivity index (χ0n) is 10.3. The molecule has 0 atom stereocenters. The Hall–Kier alpha value is -1.41.